The largest absolute Gasteiger partial charge is 0.360 e. The van der Waals surface area contributed by atoms with E-state index in [1.165, 1.54) is 6.20 Å². The lowest BCUT2D eigenvalue weighted by Crippen LogP contribution is -2.26. The van der Waals surface area contributed by atoms with Gasteiger partial charge in [-0.05, 0) is 18.6 Å². The summed E-state index contributed by atoms with van der Waals surface area (Å²) in [6.07, 6.45) is 1.51. The van der Waals surface area contributed by atoms with Crippen LogP contribution in [0.15, 0.2) is 12.3 Å². The van der Waals surface area contributed by atoms with E-state index in [1.54, 1.807) is 13.0 Å². The topological polar surface area (TPSA) is 62.5 Å². The summed E-state index contributed by atoms with van der Waals surface area (Å²) in [5, 5.41) is 8.99. The summed E-state index contributed by atoms with van der Waals surface area (Å²) in [6, 6.07) is 0.833. The number of hydroxylamine groups is 2. The number of aryl methyl sites for hydroxylation is 1. The molecule has 1 aliphatic rings. The molecule has 1 aliphatic heterocycles. The zero-order chi connectivity index (χ0) is 8.88. The second kappa shape index (κ2) is 1.95. The molecule has 62 valence electrons. The van der Waals surface area contributed by atoms with Crippen molar-refractivity contribution < 1.29 is 14.8 Å². The molecule has 1 aromatic heterocycles. The molecular formula is C7H6N2O3. The number of carbonyl (C=O) groups excluding carboxylic acids is 2. The van der Waals surface area contributed by atoms with Crippen molar-refractivity contribution in [2.45, 2.75) is 6.92 Å². The van der Waals surface area contributed by atoms with E-state index in [4.69, 9.17) is 5.21 Å². The molecular weight excluding hydrogens is 160 g/mol. The molecule has 0 unspecified atom stereocenters. The highest BCUT2D eigenvalue weighted by Gasteiger charge is 2.34. The number of hydrogen-bond donors (Lipinski definition) is 1. The van der Waals surface area contributed by atoms with E-state index >= 15 is 0 Å². The first kappa shape index (κ1) is 7.05. The Hall–Kier alpha value is -1.62. The molecule has 5 nitrogen and oxygen atoms in total. The van der Waals surface area contributed by atoms with Gasteiger partial charge in [-0.1, -0.05) is 0 Å². The number of nitrogens with zero attached hydrogens (tertiary/aromatic N) is 2. The summed E-state index contributed by atoms with van der Waals surface area (Å²) in [7, 11) is 0. The lowest BCUT2D eigenvalue weighted by atomic mass is 10.3. The molecule has 0 saturated heterocycles. The van der Waals surface area contributed by atoms with Crippen molar-refractivity contribution in [1.29, 1.82) is 0 Å². The van der Waals surface area contributed by atoms with Crippen molar-refractivity contribution in [3.8, 4) is 0 Å². The van der Waals surface area contributed by atoms with E-state index in [0.717, 1.165) is 10.1 Å². The quantitative estimate of drug-likeness (QED) is 0.574. The molecule has 0 aromatic carbocycles. The maximum atomic E-state index is 11.1. The van der Waals surface area contributed by atoms with E-state index in [-0.39, 0.29) is 10.8 Å². The van der Waals surface area contributed by atoms with E-state index in [2.05, 4.69) is 0 Å². The summed E-state index contributed by atoms with van der Waals surface area (Å²) in [5.74, 6) is -0.673. The smallest absolute Gasteiger partial charge is 0.277 e. The molecule has 0 saturated carbocycles. The second-order valence-electron chi connectivity index (χ2n) is 2.67. The minimum absolute atomic E-state index is 0.106. The number of imide groups is 1. The van der Waals surface area contributed by atoms with Gasteiger partial charge in [0.2, 0.25) is 0 Å². The van der Waals surface area contributed by atoms with E-state index in [1.807, 2.05) is 0 Å². The summed E-state index contributed by atoms with van der Waals surface area (Å²) < 4.78 is 1.12. The molecule has 5 heteroatoms. The zero-order valence-electron chi connectivity index (χ0n) is 6.31. The Kier molecular flexibility index (Phi) is 1.15. The Morgan fingerprint density at radius 3 is 2.67 bits per heavy atom. The van der Waals surface area contributed by atoms with Gasteiger partial charge in [-0.15, -0.1) is 5.06 Å². The van der Waals surface area contributed by atoms with Crippen LogP contribution in [0.4, 0.5) is 4.79 Å². The lowest BCUT2D eigenvalue weighted by molar-refractivity contribution is -0.0159. The van der Waals surface area contributed by atoms with Crippen LogP contribution in [0.2, 0.25) is 0 Å². The van der Waals surface area contributed by atoms with E-state index in [9.17, 15) is 9.59 Å². The van der Waals surface area contributed by atoms with Crippen LogP contribution in [0.25, 0.3) is 0 Å². The van der Waals surface area contributed by atoms with Crippen molar-refractivity contribution in [1.82, 2.24) is 9.63 Å². The number of fused-ring (bicyclic) bond motifs is 1. The predicted octanol–water partition coefficient (Wildman–Crippen LogP) is 0.610. The fourth-order valence-corrected chi connectivity index (χ4v) is 1.22. The Labute approximate surface area is 67.8 Å². The fraction of sp³-hybridized carbons (Fsp3) is 0.143. The number of hydrogen-bond acceptors (Lipinski definition) is 3. The standard InChI is InChI=1S/C7H6N2O3/c1-4-2-5-6(10)9(12)7(11)8(5)3-4/h2-3,12H,1H3. The van der Waals surface area contributed by atoms with Gasteiger partial charge in [0, 0.05) is 6.20 Å². The number of rotatable bonds is 0. The maximum Gasteiger partial charge on any atom is 0.360 e. The van der Waals surface area contributed by atoms with Gasteiger partial charge < -0.3 is 0 Å². The van der Waals surface area contributed by atoms with Gasteiger partial charge >= 0.3 is 11.9 Å². The third kappa shape index (κ3) is 0.656. The predicted molar refractivity (Wildman–Crippen MR) is 37.9 cm³/mol. The van der Waals surface area contributed by atoms with Gasteiger partial charge in [-0.25, -0.2) is 4.79 Å². The maximum absolute atomic E-state index is 11.1. The van der Waals surface area contributed by atoms with Gasteiger partial charge in [0.05, 0.1) is 0 Å². The highest BCUT2D eigenvalue weighted by atomic mass is 16.5. The first-order valence-electron chi connectivity index (χ1n) is 3.38. The van der Waals surface area contributed by atoms with Crippen molar-refractivity contribution in [2.75, 3.05) is 0 Å². The minimum atomic E-state index is -0.719. The first-order chi connectivity index (χ1) is 5.61. The van der Waals surface area contributed by atoms with Crippen LogP contribution >= 0.6 is 0 Å². The van der Waals surface area contributed by atoms with Gasteiger partial charge in [0.15, 0.2) is 0 Å². The molecule has 0 fully saturated rings. The molecule has 0 radical (unpaired) electrons. The molecule has 12 heavy (non-hydrogen) atoms. The summed E-state index contributed by atoms with van der Waals surface area (Å²) in [5.41, 5.74) is 1.03. The van der Waals surface area contributed by atoms with Crippen molar-refractivity contribution in [3.05, 3.63) is 23.5 Å². The van der Waals surface area contributed by atoms with Gasteiger partial charge in [-0.3, -0.25) is 14.6 Å². The van der Waals surface area contributed by atoms with Crippen LogP contribution in [-0.4, -0.2) is 26.8 Å². The third-order valence-electron chi connectivity index (χ3n) is 1.76. The molecule has 1 aromatic rings. The summed E-state index contributed by atoms with van der Waals surface area (Å²) in [6.45, 7) is 1.77. The Morgan fingerprint density at radius 1 is 1.42 bits per heavy atom. The minimum Gasteiger partial charge on any atom is -0.277 e. The molecule has 0 bridgehead atoms. The van der Waals surface area contributed by atoms with Crippen molar-refractivity contribution in [2.24, 2.45) is 0 Å². The third-order valence-corrected chi connectivity index (χ3v) is 1.76. The Balaban J connectivity index is 2.64. The number of amides is 2. The van der Waals surface area contributed by atoms with Gasteiger partial charge in [0.25, 0.3) is 0 Å². The van der Waals surface area contributed by atoms with Crippen LogP contribution in [0.5, 0.6) is 0 Å². The molecule has 2 heterocycles. The summed E-state index contributed by atoms with van der Waals surface area (Å²) >= 11 is 0. The first-order valence-corrected chi connectivity index (χ1v) is 3.38. The monoisotopic (exact) mass is 166 g/mol. The van der Waals surface area contributed by atoms with Gasteiger partial charge in [0.1, 0.15) is 5.69 Å². The fourth-order valence-electron chi connectivity index (χ4n) is 1.22. The normalized spacial score (nSPS) is 15.7. The highest BCUT2D eigenvalue weighted by molar-refractivity contribution is 6.10. The van der Waals surface area contributed by atoms with Gasteiger partial charge in [-0.2, -0.15) is 0 Å². The average molecular weight is 166 g/mol. The highest BCUT2D eigenvalue weighted by Crippen LogP contribution is 2.17. The van der Waals surface area contributed by atoms with Crippen LogP contribution < -0.4 is 0 Å². The molecule has 0 spiro atoms. The molecule has 0 atom stereocenters. The zero-order valence-corrected chi connectivity index (χ0v) is 6.31. The van der Waals surface area contributed by atoms with Crippen molar-refractivity contribution >= 4 is 11.9 Å². The SMILES string of the molecule is Cc1cc2n(c1)C(=O)N(O)C2=O. The number of aromatic nitrogens is 1. The Morgan fingerprint density at radius 2 is 2.08 bits per heavy atom. The molecule has 2 rings (SSSR count). The second-order valence-corrected chi connectivity index (χ2v) is 2.67. The summed E-state index contributed by atoms with van der Waals surface area (Å²) in [4.78, 5) is 22.1. The van der Waals surface area contributed by atoms with Crippen LogP contribution in [-0.2, 0) is 0 Å². The van der Waals surface area contributed by atoms with Crippen molar-refractivity contribution in [3.63, 3.8) is 0 Å². The van der Waals surface area contributed by atoms with E-state index < -0.39 is 11.9 Å². The van der Waals surface area contributed by atoms with Crippen LogP contribution in [0.1, 0.15) is 16.1 Å². The van der Waals surface area contributed by atoms with E-state index in [0.29, 0.717) is 0 Å². The van der Waals surface area contributed by atoms with Crippen LogP contribution in [0, 0.1) is 6.92 Å². The molecule has 2 amide bonds. The number of carbonyl (C=O) groups is 2. The van der Waals surface area contributed by atoms with Crippen LogP contribution in [0.3, 0.4) is 0 Å². The molecule has 0 aliphatic carbocycles. The average Bonchev–Trinajstić information content (AvgIpc) is 2.49. The Bertz CT molecular complexity index is 347. The lowest BCUT2D eigenvalue weighted by Gasteiger charge is -2.00. The molecule has 1 N–H and O–H groups in total.